The molecule has 0 aliphatic heterocycles. The number of rotatable bonds is 2. The molecule has 3 N–H and O–H groups in total. The molecule has 0 spiro atoms. The molecule has 0 heterocycles. The van der Waals surface area contributed by atoms with Gasteiger partial charge in [-0.2, -0.15) is 0 Å². The predicted octanol–water partition coefficient (Wildman–Crippen LogP) is 1.91. The molecule has 1 saturated carbocycles. The highest BCUT2D eigenvalue weighted by molar-refractivity contribution is 4.90. The van der Waals surface area contributed by atoms with Gasteiger partial charge in [0.25, 0.3) is 0 Å². The summed E-state index contributed by atoms with van der Waals surface area (Å²) >= 11 is 0. The molecule has 3 atom stereocenters. The maximum Gasteiger partial charge on any atom is 0.0555 e. The fourth-order valence-electron chi connectivity index (χ4n) is 2.41. The van der Waals surface area contributed by atoms with Crippen molar-refractivity contribution in [1.29, 1.82) is 0 Å². The third-order valence-electron chi connectivity index (χ3n) is 3.79. The van der Waals surface area contributed by atoms with Crippen LogP contribution in [0.2, 0.25) is 0 Å². The first-order chi connectivity index (χ1) is 5.97. The minimum Gasteiger partial charge on any atom is -0.393 e. The number of aliphatic hydroxyl groups excluding tert-OH is 1. The summed E-state index contributed by atoms with van der Waals surface area (Å²) in [6, 6.07) is 0.193. The Morgan fingerprint density at radius 3 is 2.46 bits per heavy atom. The van der Waals surface area contributed by atoms with Gasteiger partial charge in [0.1, 0.15) is 0 Å². The van der Waals surface area contributed by atoms with Gasteiger partial charge in [-0.05, 0) is 30.6 Å². The largest absolute Gasteiger partial charge is 0.393 e. The van der Waals surface area contributed by atoms with Crippen LogP contribution in [0.25, 0.3) is 0 Å². The van der Waals surface area contributed by atoms with E-state index in [9.17, 15) is 5.11 Å². The lowest BCUT2D eigenvalue weighted by Crippen LogP contribution is -2.45. The van der Waals surface area contributed by atoms with Crippen molar-refractivity contribution in [2.24, 2.45) is 17.1 Å². The van der Waals surface area contributed by atoms with Crippen LogP contribution in [0.5, 0.6) is 0 Å². The molecule has 1 aliphatic carbocycles. The van der Waals surface area contributed by atoms with Crippen molar-refractivity contribution in [3.8, 4) is 0 Å². The third kappa shape index (κ3) is 2.44. The molecule has 13 heavy (non-hydrogen) atoms. The Balaban J connectivity index is 2.60. The molecule has 2 nitrogen and oxygen atoms in total. The van der Waals surface area contributed by atoms with Gasteiger partial charge >= 0.3 is 0 Å². The second-order valence-corrected chi connectivity index (χ2v) is 5.08. The van der Waals surface area contributed by atoms with Gasteiger partial charge in [0.05, 0.1) is 6.10 Å². The molecule has 0 radical (unpaired) electrons. The zero-order chi connectivity index (χ0) is 10.1. The summed E-state index contributed by atoms with van der Waals surface area (Å²) in [5.74, 6) is 0.584. The Kier molecular flexibility index (Phi) is 3.36. The molecule has 0 saturated heterocycles. The van der Waals surface area contributed by atoms with E-state index < -0.39 is 0 Å². The van der Waals surface area contributed by atoms with Crippen molar-refractivity contribution in [2.45, 2.75) is 58.6 Å². The molecule has 0 aromatic carbocycles. The fraction of sp³-hybridized carbons (Fsp3) is 1.00. The average molecular weight is 185 g/mol. The molecule has 3 unspecified atom stereocenters. The Hall–Kier alpha value is -0.0800. The van der Waals surface area contributed by atoms with E-state index in [1.807, 2.05) is 0 Å². The Morgan fingerprint density at radius 1 is 1.38 bits per heavy atom. The minimum absolute atomic E-state index is 0.154. The van der Waals surface area contributed by atoms with Crippen LogP contribution in [0, 0.1) is 11.3 Å². The van der Waals surface area contributed by atoms with Crippen LogP contribution in [0.15, 0.2) is 0 Å². The lowest BCUT2D eigenvalue weighted by molar-refractivity contribution is 0.0477. The first-order valence-electron chi connectivity index (χ1n) is 5.41. The summed E-state index contributed by atoms with van der Waals surface area (Å²) in [6.45, 7) is 6.79. The second-order valence-electron chi connectivity index (χ2n) is 5.08. The Bertz CT molecular complexity index is 167. The minimum atomic E-state index is -0.154. The molecule has 1 fully saturated rings. The van der Waals surface area contributed by atoms with Gasteiger partial charge in [0.15, 0.2) is 0 Å². The lowest BCUT2D eigenvalue weighted by Gasteiger charge is -2.41. The first-order valence-corrected chi connectivity index (χ1v) is 5.41. The van der Waals surface area contributed by atoms with Crippen molar-refractivity contribution in [3.05, 3.63) is 0 Å². The highest BCUT2D eigenvalue weighted by Gasteiger charge is 2.36. The van der Waals surface area contributed by atoms with E-state index in [0.717, 1.165) is 19.3 Å². The van der Waals surface area contributed by atoms with E-state index in [1.54, 1.807) is 0 Å². The van der Waals surface area contributed by atoms with E-state index in [1.165, 1.54) is 6.42 Å². The number of nitrogens with two attached hydrogens (primary N) is 1. The van der Waals surface area contributed by atoms with Crippen molar-refractivity contribution in [1.82, 2.24) is 0 Å². The van der Waals surface area contributed by atoms with Gasteiger partial charge in [-0.15, -0.1) is 0 Å². The first kappa shape index (κ1) is 11.0. The smallest absolute Gasteiger partial charge is 0.0555 e. The lowest BCUT2D eigenvalue weighted by atomic mass is 9.67. The molecule has 78 valence electrons. The molecule has 2 heteroatoms. The summed E-state index contributed by atoms with van der Waals surface area (Å²) < 4.78 is 0. The molecule has 0 bridgehead atoms. The quantitative estimate of drug-likeness (QED) is 0.690. The highest BCUT2D eigenvalue weighted by atomic mass is 16.3. The SMILES string of the molecule is CCC(C)(C)C1CCC(O)CC1N. The zero-order valence-electron chi connectivity index (χ0n) is 9.09. The van der Waals surface area contributed by atoms with Crippen LogP contribution < -0.4 is 5.73 Å². The van der Waals surface area contributed by atoms with Crippen LogP contribution in [-0.4, -0.2) is 17.3 Å². The van der Waals surface area contributed by atoms with Crippen LogP contribution in [0.4, 0.5) is 0 Å². The summed E-state index contributed by atoms with van der Waals surface area (Å²) in [7, 11) is 0. The highest BCUT2D eigenvalue weighted by Crippen LogP contribution is 2.39. The van der Waals surface area contributed by atoms with E-state index >= 15 is 0 Å². The van der Waals surface area contributed by atoms with E-state index in [-0.39, 0.29) is 12.1 Å². The van der Waals surface area contributed by atoms with Crippen LogP contribution in [0.3, 0.4) is 0 Å². The van der Waals surface area contributed by atoms with Gasteiger partial charge in [-0.1, -0.05) is 27.2 Å². The van der Waals surface area contributed by atoms with Gasteiger partial charge in [-0.3, -0.25) is 0 Å². The zero-order valence-corrected chi connectivity index (χ0v) is 9.09. The van der Waals surface area contributed by atoms with Crippen LogP contribution >= 0.6 is 0 Å². The Morgan fingerprint density at radius 2 is 2.00 bits per heavy atom. The number of hydrogen-bond donors (Lipinski definition) is 2. The summed E-state index contributed by atoms with van der Waals surface area (Å²) in [5.41, 5.74) is 6.40. The topological polar surface area (TPSA) is 46.2 Å². The van der Waals surface area contributed by atoms with E-state index in [2.05, 4.69) is 20.8 Å². The van der Waals surface area contributed by atoms with Crippen molar-refractivity contribution >= 4 is 0 Å². The van der Waals surface area contributed by atoms with Gasteiger partial charge in [0, 0.05) is 6.04 Å². The maximum absolute atomic E-state index is 9.46. The van der Waals surface area contributed by atoms with Gasteiger partial charge in [-0.25, -0.2) is 0 Å². The van der Waals surface area contributed by atoms with Crippen molar-refractivity contribution < 1.29 is 5.11 Å². The molecule has 1 rings (SSSR count). The molecule has 0 aromatic rings. The molecule has 0 amide bonds. The third-order valence-corrected chi connectivity index (χ3v) is 3.79. The summed E-state index contributed by atoms with van der Waals surface area (Å²) in [5, 5.41) is 9.46. The second kappa shape index (κ2) is 3.97. The van der Waals surface area contributed by atoms with Crippen LogP contribution in [0.1, 0.15) is 46.5 Å². The molecule has 1 aliphatic rings. The van der Waals surface area contributed by atoms with Gasteiger partial charge < -0.3 is 10.8 Å². The van der Waals surface area contributed by atoms with Crippen molar-refractivity contribution in [3.63, 3.8) is 0 Å². The standard InChI is InChI=1S/C11H23NO/c1-4-11(2,3)9-6-5-8(13)7-10(9)12/h8-10,13H,4-7,12H2,1-3H3. The monoisotopic (exact) mass is 185 g/mol. The normalized spacial score (nSPS) is 36.2. The number of aliphatic hydroxyl groups is 1. The average Bonchev–Trinajstić information content (AvgIpc) is 2.03. The van der Waals surface area contributed by atoms with E-state index in [0.29, 0.717) is 11.3 Å². The fourth-order valence-corrected chi connectivity index (χ4v) is 2.41. The van der Waals surface area contributed by atoms with Gasteiger partial charge in [0.2, 0.25) is 0 Å². The Labute approximate surface area is 81.5 Å². The molecule has 0 aromatic heterocycles. The van der Waals surface area contributed by atoms with E-state index in [4.69, 9.17) is 5.73 Å². The predicted molar refractivity (Wildman–Crippen MR) is 55.4 cm³/mol. The molecular formula is C11H23NO. The molecular weight excluding hydrogens is 162 g/mol. The number of hydrogen-bond acceptors (Lipinski definition) is 2. The summed E-state index contributed by atoms with van der Waals surface area (Å²) in [6.07, 6.45) is 3.82. The van der Waals surface area contributed by atoms with Crippen molar-refractivity contribution in [2.75, 3.05) is 0 Å². The van der Waals surface area contributed by atoms with Crippen LogP contribution in [-0.2, 0) is 0 Å². The summed E-state index contributed by atoms with van der Waals surface area (Å²) in [4.78, 5) is 0. The maximum atomic E-state index is 9.46.